The second-order valence-electron chi connectivity index (χ2n) is 7.10. The Labute approximate surface area is 160 Å². The summed E-state index contributed by atoms with van der Waals surface area (Å²) in [7, 11) is -1.58. The Bertz CT molecular complexity index is 638. The fourth-order valence-corrected chi connectivity index (χ4v) is 3.84. The molecule has 0 aliphatic heterocycles. The molecule has 2 aromatic rings. The lowest BCUT2D eigenvalue weighted by Gasteiger charge is -2.33. The molecule has 0 amide bonds. The molecule has 0 radical (unpaired) electrons. The molecule has 0 bridgehead atoms. The molecule has 0 unspecified atom stereocenters. The number of alkyl halides is 1. The van der Waals surface area contributed by atoms with Crippen LogP contribution < -0.4 is 5.32 Å². The van der Waals surface area contributed by atoms with Crippen LogP contribution in [-0.2, 0) is 7.97 Å². The quantitative estimate of drug-likeness (QED) is 0.237. The van der Waals surface area contributed by atoms with Crippen molar-refractivity contribution in [1.82, 2.24) is 5.32 Å². The third-order valence-corrected chi connectivity index (χ3v) is 6.54. The molecule has 24 heavy (non-hydrogen) atoms. The minimum Gasteiger partial charge on any atom is -0.464 e. The minimum absolute atomic E-state index is 0.125. The van der Waals surface area contributed by atoms with E-state index in [1.54, 1.807) is 0 Å². The summed E-state index contributed by atoms with van der Waals surface area (Å²) in [6, 6.07) is 14.7. The van der Waals surface area contributed by atoms with E-state index in [9.17, 15) is 0 Å². The highest BCUT2D eigenvalue weighted by Crippen LogP contribution is 2.36. The molecule has 1 heterocycles. The summed E-state index contributed by atoms with van der Waals surface area (Å²) in [6.07, 6.45) is 0.927. The van der Waals surface area contributed by atoms with Gasteiger partial charge in [-0.25, -0.2) is 0 Å². The maximum absolute atomic E-state index is 6.22. The van der Waals surface area contributed by atoms with E-state index < -0.39 is 8.32 Å². The summed E-state index contributed by atoms with van der Waals surface area (Å²) in [4.78, 5) is 0. The van der Waals surface area contributed by atoms with Crippen LogP contribution in [0.25, 0.3) is 0 Å². The molecule has 2 atom stereocenters. The average molecular weight is 457 g/mol. The predicted molar refractivity (Wildman–Crippen MR) is 111 cm³/mol. The highest BCUT2D eigenvalue weighted by Gasteiger charge is 2.33. The van der Waals surface area contributed by atoms with E-state index in [0.717, 1.165) is 17.9 Å². The fourth-order valence-electron chi connectivity index (χ4n) is 2.51. The summed E-state index contributed by atoms with van der Waals surface area (Å²) in [6.45, 7) is 11.5. The lowest BCUT2D eigenvalue weighted by atomic mass is 10.0. The molecule has 132 valence electrons. The molecule has 3 nitrogen and oxygen atoms in total. The molecule has 0 saturated carbocycles. The molecule has 0 saturated heterocycles. The Morgan fingerprint density at radius 1 is 1.17 bits per heavy atom. The summed E-state index contributed by atoms with van der Waals surface area (Å²) < 4.78 is 11.9. The number of benzene rings is 1. The van der Waals surface area contributed by atoms with Gasteiger partial charge in [-0.15, -0.1) is 0 Å². The molecule has 0 aliphatic carbocycles. The number of rotatable bonds is 8. The van der Waals surface area contributed by atoms with Gasteiger partial charge in [0.05, 0.1) is 12.6 Å². The zero-order chi connectivity index (χ0) is 17.8. The maximum atomic E-state index is 6.22. The van der Waals surface area contributed by atoms with E-state index in [4.69, 9.17) is 8.84 Å². The fraction of sp³-hybridized carbons (Fsp3) is 0.474. The van der Waals surface area contributed by atoms with Crippen molar-refractivity contribution in [2.24, 2.45) is 0 Å². The van der Waals surface area contributed by atoms with Crippen LogP contribution in [-0.4, -0.2) is 14.9 Å². The lowest BCUT2D eigenvalue weighted by Crippen LogP contribution is -2.42. The van der Waals surface area contributed by atoms with E-state index in [2.05, 4.69) is 84.8 Å². The molecule has 2 rings (SSSR count). The van der Waals surface area contributed by atoms with Crippen molar-refractivity contribution in [3.05, 3.63) is 59.5 Å². The molecule has 5 heteroatoms. The van der Waals surface area contributed by atoms with E-state index in [0.29, 0.717) is 6.61 Å². The van der Waals surface area contributed by atoms with Crippen LogP contribution in [0.4, 0.5) is 0 Å². The first-order chi connectivity index (χ1) is 11.2. The number of halogens is 1. The number of nitrogens with one attached hydrogen (secondary N) is 1. The van der Waals surface area contributed by atoms with Gasteiger partial charge in [-0.1, -0.05) is 59.8 Å². The zero-order valence-electron chi connectivity index (χ0n) is 15.2. The Morgan fingerprint density at radius 3 is 2.33 bits per heavy atom. The van der Waals surface area contributed by atoms with Gasteiger partial charge < -0.3 is 8.84 Å². The smallest absolute Gasteiger partial charge is 0.183 e. The second-order valence-corrected chi connectivity index (χ2v) is 13.5. The van der Waals surface area contributed by atoms with Crippen molar-refractivity contribution in [2.75, 3.05) is 6.61 Å². The summed E-state index contributed by atoms with van der Waals surface area (Å²) in [5, 5.41) is 3.79. The largest absolute Gasteiger partial charge is 0.464 e. The second kappa shape index (κ2) is 8.16. The number of aryl methyl sites for hydroxylation is 1. The number of hydrogen-bond acceptors (Lipinski definition) is 3. The molecule has 0 spiro atoms. The van der Waals surface area contributed by atoms with Crippen molar-refractivity contribution >= 4 is 30.9 Å². The van der Waals surface area contributed by atoms with E-state index >= 15 is 0 Å². The number of hydrogen-bond donors (Lipinski definition) is 1. The summed E-state index contributed by atoms with van der Waals surface area (Å²) in [5.74, 6) is 1.91. The number of furan rings is 1. The normalized spacial score (nSPS) is 15.9. The molecule has 1 aromatic heterocycles. The van der Waals surface area contributed by atoms with Crippen LogP contribution in [0.3, 0.4) is 0 Å². The third kappa shape index (κ3) is 5.44. The van der Waals surface area contributed by atoms with Crippen molar-refractivity contribution in [1.29, 1.82) is 0 Å². The monoisotopic (exact) mass is 457 g/mol. The summed E-state index contributed by atoms with van der Waals surface area (Å²) >= 11 is 2.47. The van der Waals surface area contributed by atoms with Gasteiger partial charge in [0, 0.05) is 0 Å². The van der Waals surface area contributed by atoms with Gasteiger partial charge in [0.2, 0.25) is 0 Å². The maximum Gasteiger partial charge on any atom is 0.183 e. The van der Waals surface area contributed by atoms with E-state index in [1.807, 2.05) is 19.1 Å². The first-order valence-electron chi connectivity index (χ1n) is 8.46. The van der Waals surface area contributed by atoms with Gasteiger partial charge >= 0.3 is 0 Å². The van der Waals surface area contributed by atoms with Crippen molar-refractivity contribution < 1.29 is 8.84 Å². The summed E-state index contributed by atoms with van der Waals surface area (Å²) in [5.41, 5.74) is 1.24. The first-order valence-corrected chi connectivity index (χ1v) is 12.9. The Hall–Kier alpha value is -0.633. The standard InChI is InChI=1S/C19H28INO2Si/c1-6-19(20,18-13-12-15(2)23-18)21-17(14-22-24(3,4)5)16-10-8-7-9-11-16/h7-13,17,21H,6,14H2,1-5H3/t17-,19-/m0/s1. The lowest BCUT2D eigenvalue weighted by molar-refractivity contribution is 0.233. The van der Waals surface area contributed by atoms with Crippen LogP contribution in [0, 0.1) is 6.92 Å². The van der Waals surface area contributed by atoms with Crippen LogP contribution in [0.1, 0.15) is 36.5 Å². The van der Waals surface area contributed by atoms with Gasteiger partial charge in [-0.2, -0.15) is 0 Å². The van der Waals surface area contributed by atoms with Gasteiger partial charge in [-0.05, 0) is 50.7 Å². The highest BCUT2D eigenvalue weighted by atomic mass is 127. The molecule has 1 N–H and O–H groups in total. The van der Waals surface area contributed by atoms with Crippen molar-refractivity contribution in [3.8, 4) is 0 Å². The van der Waals surface area contributed by atoms with Gasteiger partial charge in [-0.3, -0.25) is 5.32 Å². The van der Waals surface area contributed by atoms with Gasteiger partial charge in [0.1, 0.15) is 15.1 Å². The van der Waals surface area contributed by atoms with E-state index in [1.165, 1.54) is 5.56 Å². The predicted octanol–water partition coefficient (Wildman–Crippen LogP) is 5.77. The topological polar surface area (TPSA) is 34.4 Å². The Kier molecular flexibility index (Phi) is 6.70. The van der Waals surface area contributed by atoms with E-state index in [-0.39, 0.29) is 9.59 Å². The van der Waals surface area contributed by atoms with Crippen LogP contribution in [0.15, 0.2) is 46.9 Å². The van der Waals surface area contributed by atoms with Gasteiger partial charge in [0.15, 0.2) is 8.32 Å². The highest BCUT2D eigenvalue weighted by molar-refractivity contribution is 14.1. The molecular weight excluding hydrogens is 429 g/mol. The molecule has 0 fully saturated rings. The molecule has 0 aliphatic rings. The molecular formula is C19H28INO2Si. The van der Waals surface area contributed by atoms with Crippen LogP contribution >= 0.6 is 22.6 Å². The van der Waals surface area contributed by atoms with Gasteiger partial charge in [0.25, 0.3) is 0 Å². The van der Waals surface area contributed by atoms with Crippen LogP contribution in [0.2, 0.25) is 19.6 Å². The zero-order valence-corrected chi connectivity index (χ0v) is 18.4. The molecule has 1 aromatic carbocycles. The Morgan fingerprint density at radius 2 is 1.83 bits per heavy atom. The SMILES string of the molecule is CC[C@](I)(N[C@@H](CO[Si](C)(C)C)c1ccccc1)c1ccc(C)o1. The van der Waals surface area contributed by atoms with Crippen LogP contribution in [0.5, 0.6) is 0 Å². The Balaban J connectivity index is 2.25. The third-order valence-electron chi connectivity index (χ3n) is 3.91. The first kappa shape index (κ1) is 19.7. The van der Waals surface area contributed by atoms with Crippen molar-refractivity contribution in [2.45, 2.75) is 49.5 Å². The van der Waals surface area contributed by atoms with Crippen molar-refractivity contribution in [3.63, 3.8) is 0 Å². The average Bonchev–Trinajstić information content (AvgIpc) is 2.98. The minimum atomic E-state index is -1.58.